The number of amides is 2. The number of alkyl halides is 3. The van der Waals surface area contributed by atoms with Crippen molar-refractivity contribution in [3.63, 3.8) is 0 Å². The molecule has 5 nitrogen and oxygen atoms in total. The molecule has 0 aromatic carbocycles. The molecule has 1 aromatic heterocycles. The number of nitrogens with one attached hydrogen (secondary N) is 1. The molecule has 0 spiro atoms. The molecule has 0 unspecified atom stereocenters. The van der Waals surface area contributed by atoms with Gasteiger partial charge in [-0.25, -0.2) is 0 Å². The summed E-state index contributed by atoms with van der Waals surface area (Å²) in [4.78, 5) is 28.8. The normalized spacial score (nSPS) is 16.6. The number of carbonyl (C=O) groups is 2. The number of carbonyl (C=O) groups excluding carboxylic acids is 2. The topological polar surface area (TPSA) is 62.3 Å². The summed E-state index contributed by atoms with van der Waals surface area (Å²) >= 11 is 1.50. The van der Waals surface area contributed by atoms with Crippen molar-refractivity contribution in [1.29, 1.82) is 0 Å². The molecule has 0 saturated carbocycles. The number of piperidine rings is 1. The van der Waals surface area contributed by atoms with Gasteiger partial charge in [-0.15, -0.1) is 11.3 Å². The Balaban J connectivity index is 1.72. The van der Waals surface area contributed by atoms with Gasteiger partial charge in [-0.3, -0.25) is 14.6 Å². The number of nitrogens with zero attached hydrogens (tertiary/aromatic N) is 2. The summed E-state index contributed by atoms with van der Waals surface area (Å²) in [5, 5.41) is 2.78. The fourth-order valence-electron chi connectivity index (χ4n) is 2.34. The highest BCUT2D eigenvalue weighted by atomic mass is 32.1. The predicted octanol–water partition coefficient (Wildman–Crippen LogP) is 1.60. The Morgan fingerprint density at radius 1 is 1.36 bits per heavy atom. The van der Waals surface area contributed by atoms with Crippen LogP contribution in [0.1, 0.15) is 17.7 Å². The molecule has 1 fully saturated rings. The number of aromatic nitrogens is 1. The van der Waals surface area contributed by atoms with Crippen molar-refractivity contribution in [1.82, 2.24) is 15.2 Å². The van der Waals surface area contributed by atoms with E-state index in [1.807, 2.05) is 0 Å². The first-order valence-corrected chi connectivity index (χ1v) is 7.77. The van der Waals surface area contributed by atoms with Crippen molar-refractivity contribution in [2.75, 3.05) is 19.6 Å². The first kappa shape index (κ1) is 16.7. The highest BCUT2D eigenvalue weighted by Crippen LogP contribution is 2.23. The lowest BCUT2D eigenvalue weighted by Gasteiger charge is -2.31. The minimum absolute atomic E-state index is 0.0364. The van der Waals surface area contributed by atoms with Crippen molar-refractivity contribution >= 4 is 23.2 Å². The van der Waals surface area contributed by atoms with Crippen molar-refractivity contribution in [2.24, 2.45) is 5.92 Å². The molecule has 0 aliphatic carbocycles. The lowest BCUT2D eigenvalue weighted by atomic mass is 9.96. The second-order valence-corrected chi connectivity index (χ2v) is 6.04. The summed E-state index contributed by atoms with van der Waals surface area (Å²) in [6.07, 6.45) is -1.91. The van der Waals surface area contributed by atoms with Crippen LogP contribution in [0.15, 0.2) is 11.7 Å². The Morgan fingerprint density at radius 3 is 2.59 bits per heavy atom. The first-order valence-electron chi connectivity index (χ1n) is 6.89. The summed E-state index contributed by atoms with van der Waals surface area (Å²) < 4.78 is 36.9. The Bertz CT molecular complexity index is 511. The maximum Gasteiger partial charge on any atom is 0.471 e. The van der Waals surface area contributed by atoms with Gasteiger partial charge in [-0.05, 0) is 12.8 Å². The smallest absolute Gasteiger partial charge is 0.355 e. The third kappa shape index (κ3) is 4.43. The summed E-state index contributed by atoms with van der Waals surface area (Å²) in [6.45, 7) is 0.402. The largest absolute Gasteiger partial charge is 0.471 e. The zero-order valence-electron chi connectivity index (χ0n) is 11.7. The Morgan fingerprint density at radius 2 is 2.05 bits per heavy atom. The van der Waals surface area contributed by atoms with E-state index in [0.717, 1.165) is 9.78 Å². The predicted molar refractivity (Wildman–Crippen MR) is 74.2 cm³/mol. The third-order valence-electron chi connectivity index (χ3n) is 3.55. The number of rotatable bonds is 4. The van der Waals surface area contributed by atoms with Crippen LogP contribution in [0.4, 0.5) is 13.2 Å². The Labute approximate surface area is 129 Å². The molecule has 0 radical (unpaired) electrons. The fourth-order valence-corrected chi connectivity index (χ4v) is 2.94. The summed E-state index contributed by atoms with van der Waals surface area (Å²) in [6, 6.07) is 0. The van der Waals surface area contributed by atoms with Gasteiger partial charge in [-0.1, -0.05) is 0 Å². The van der Waals surface area contributed by atoms with E-state index in [9.17, 15) is 22.8 Å². The molecule has 22 heavy (non-hydrogen) atoms. The van der Waals surface area contributed by atoms with E-state index in [4.69, 9.17) is 0 Å². The van der Waals surface area contributed by atoms with Gasteiger partial charge in [0.2, 0.25) is 5.91 Å². The minimum atomic E-state index is -4.84. The van der Waals surface area contributed by atoms with Gasteiger partial charge >= 0.3 is 12.1 Å². The zero-order chi connectivity index (χ0) is 16.2. The van der Waals surface area contributed by atoms with Crippen molar-refractivity contribution in [3.8, 4) is 0 Å². The quantitative estimate of drug-likeness (QED) is 0.909. The SMILES string of the molecule is O=C(NCCc1cncs1)C1CCN(C(=O)C(F)(F)F)CC1. The van der Waals surface area contributed by atoms with E-state index < -0.39 is 12.1 Å². The van der Waals surface area contributed by atoms with Crippen LogP contribution in [0, 0.1) is 5.92 Å². The molecule has 122 valence electrons. The van der Waals surface area contributed by atoms with Gasteiger partial charge in [0.1, 0.15) is 0 Å². The fraction of sp³-hybridized carbons (Fsp3) is 0.615. The zero-order valence-corrected chi connectivity index (χ0v) is 12.5. The van der Waals surface area contributed by atoms with Crippen LogP contribution in [0.5, 0.6) is 0 Å². The average molecular weight is 335 g/mol. The molecule has 0 bridgehead atoms. The lowest BCUT2D eigenvalue weighted by molar-refractivity contribution is -0.186. The van der Waals surface area contributed by atoms with E-state index in [2.05, 4.69) is 10.3 Å². The lowest BCUT2D eigenvalue weighted by Crippen LogP contribution is -2.47. The molecule has 9 heteroatoms. The van der Waals surface area contributed by atoms with E-state index >= 15 is 0 Å². The van der Waals surface area contributed by atoms with Gasteiger partial charge in [0.25, 0.3) is 0 Å². The first-order chi connectivity index (χ1) is 10.4. The van der Waals surface area contributed by atoms with Crippen LogP contribution < -0.4 is 5.32 Å². The second-order valence-electron chi connectivity index (χ2n) is 5.07. The Kier molecular flexibility index (Phi) is 5.38. The molecular weight excluding hydrogens is 319 g/mol. The molecule has 2 rings (SSSR count). The maximum absolute atomic E-state index is 12.3. The van der Waals surface area contributed by atoms with E-state index in [1.165, 1.54) is 11.3 Å². The molecule has 1 N–H and O–H groups in total. The molecule has 1 aliphatic heterocycles. The van der Waals surface area contributed by atoms with Gasteiger partial charge in [0, 0.05) is 43.0 Å². The summed E-state index contributed by atoms with van der Waals surface area (Å²) in [5.74, 6) is -2.32. The van der Waals surface area contributed by atoms with Crippen LogP contribution in [0.2, 0.25) is 0 Å². The number of hydrogen-bond acceptors (Lipinski definition) is 4. The van der Waals surface area contributed by atoms with Gasteiger partial charge < -0.3 is 10.2 Å². The van der Waals surface area contributed by atoms with Crippen molar-refractivity contribution in [2.45, 2.75) is 25.4 Å². The molecule has 1 aliphatic rings. The van der Waals surface area contributed by atoms with Gasteiger partial charge in [0.05, 0.1) is 5.51 Å². The maximum atomic E-state index is 12.3. The van der Waals surface area contributed by atoms with Crippen LogP contribution >= 0.6 is 11.3 Å². The standard InChI is InChI=1S/C13H16F3N3O2S/c14-13(15,16)12(21)19-5-2-9(3-6-19)11(20)18-4-1-10-7-17-8-22-10/h7-9H,1-6H2,(H,18,20). The van der Waals surface area contributed by atoms with E-state index in [-0.39, 0.29) is 37.8 Å². The number of hydrogen-bond donors (Lipinski definition) is 1. The molecule has 0 atom stereocenters. The molecule has 1 aromatic rings. The van der Waals surface area contributed by atoms with Crippen LogP contribution in [-0.2, 0) is 16.0 Å². The minimum Gasteiger partial charge on any atom is -0.355 e. The van der Waals surface area contributed by atoms with Crippen molar-refractivity contribution in [3.05, 3.63) is 16.6 Å². The molecule has 2 amide bonds. The van der Waals surface area contributed by atoms with E-state index in [0.29, 0.717) is 13.0 Å². The monoisotopic (exact) mass is 335 g/mol. The Hall–Kier alpha value is -1.64. The number of halogens is 3. The highest BCUT2D eigenvalue weighted by Gasteiger charge is 2.43. The van der Waals surface area contributed by atoms with Crippen LogP contribution in [-0.4, -0.2) is 47.5 Å². The van der Waals surface area contributed by atoms with Gasteiger partial charge in [-0.2, -0.15) is 13.2 Å². The molecule has 1 saturated heterocycles. The summed E-state index contributed by atoms with van der Waals surface area (Å²) in [7, 11) is 0. The van der Waals surface area contributed by atoms with E-state index in [1.54, 1.807) is 11.7 Å². The van der Waals surface area contributed by atoms with Crippen LogP contribution in [0.25, 0.3) is 0 Å². The highest BCUT2D eigenvalue weighted by molar-refractivity contribution is 7.09. The van der Waals surface area contributed by atoms with Gasteiger partial charge in [0.15, 0.2) is 0 Å². The average Bonchev–Trinajstić information content (AvgIpc) is 2.99. The number of thiazole rings is 1. The van der Waals surface area contributed by atoms with Crippen molar-refractivity contribution < 1.29 is 22.8 Å². The molecular formula is C13H16F3N3O2S. The van der Waals surface area contributed by atoms with Crippen LogP contribution in [0.3, 0.4) is 0 Å². The number of likely N-dealkylation sites (tertiary alicyclic amines) is 1. The third-order valence-corrected chi connectivity index (χ3v) is 4.39. The summed E-state index contributed by atoms with van der Waals surface area (Å²) in [5.41, 5.74) is 1.71. The molecule has 2 heterocycles. The second kappa shape index (κ2) is 7.08.